The summed E-state index contributed by atoms with van der Waals surface area (Å²) in [5.41, 5.74) is 8.96. The lowest BCUT2D eigenvalue weighted by Crippen LogP contribution is -2.23. The first kappa shape index (κ1) is 24.2. The van der Waals surface area contributed by atoms with Crippen LogP contribution >= 0.6 is 11.6 Å². The van der Waals surface area contributed by atoms with Crippen molar-refractivity contribution in [2.24, 2.45) is 4.99 Å². The number of anilines is 2. The average Bonchev–Trinajstić information content (AvgIpc) is 2.82. The number of benzene rings is 2. The van der Waals surface area contributed by atoms with Crippen LogP contribution in [0.4, 0.5) is 24.8 Å². The predicted octanol–water partition coefficient (Wildman–Crippen LogP) is 5.10. The van der Waals surface area contributed by atoms with Crippen LogP contribution in [0.3, 0.4) is 0 Å². The summed E-state index contributed by atoms with van der Waals surface area (Å²) in [7, 11) is 1.64. The summed E-state index contributed by atoms with van der Waals surface area (Å²) < 4.78 is 39.5. The third kappa shape index (κ3) is 5.12. The van der Waals surface area contributed by atoms with E-state index in [1.165, 1.54) is 10.8 Å². The van der Waals surface area contributed by atoms with Gasteiger partial charge in [0.25, 0.3) is 5.56 Å². The second-order valence-electron chi connectivity index (χ2n) is 7.73. The van der Waals surface area contributed by atoms with Gasteiger partial charge in [-0.05, 0) is 42.8 Å². The molecule has 3 N–H and O–H groups in total. The van der Waals surface area contributed by atoms with Gasteiger partial charge < -0.3 is 11.1 Å². The zero-order chi connectivity index (χ0) is 25.3. The molecule has 0 aliphatic carbocycles. The van der Waals surface area contributed by atoms with E-state index in [1.807, 2.05) is 0 Å². The van der Waals surface area contributed by atoms with Crippen LogP contribution in [0, 0.1) is 0 Å². The minimum Gasteiger partial charge on any atom is -0.398 e. The van der Waals surface area contributed by atoms with E-state index in [-0.39, 0.29) is 17.0 Å². The number of nitrogen functional groups attached to an aromatic ring is 1. The summed E-state index contributed by atoms with van der Waals surface area (Å²) in [6.07, 6.45) is -1.54. The number of hydrogen-bond acceptors (Lipinski definition) is 6. The zero-order valence-corrected chi connectivity index (χ0v) is 19.4. The molecule has 0 spiro atoms. The van der Waals surface area contributed by atoms with Gasteiger partial charge in [-0.15, -0.1) is 0 Å². The third-order valence-electron chi connectivity index (χ3n) is 5.37. The zero-order valence-electron chi connectivity index (χ0n) is 18.7. The first-order valence-electron chi connectivity index (χ1n) is 10.4. The van der Waals surface area contributed by atoms with Gasteiger partial charge in [0, 0.05) is 52.5 Å². The fraction of sp³-hybridized carbons (Fsp3) is 0.167. The van der Waals surface area contributed by atoms with Crippen molar-refractivity contribution >= 4 is 39.9 Å². The summed E-state index contributed by atoms with van der Waals surface area (Å²) in [5.74, 6) is -0.244. The van der Waals surface area contributed by atoms with Crippen LogP contribution in [0.25, 0.3) is 27.7 Å². The lowest BCUT2D eigenvalue weighted by Gasteiger charge is -2.15. The number of nitrogens with one attached hydrogen (secondary N) is 1. The van der Waals surface area contributed by atoms with E-state index in [9.17, 15) is 18.0 Å². The summed E-state index contributed by atoms with van der Waals surface area (Å²) in [6.45, 7) is 0.499. The highest BCUT2D eigenvalue weighted by Crippen LogP contribution is 2.28. The molecule has 0 unspecified atom stereocenters. The topological polar surface area (TPSA) is 98.2 Å². The number of halogens is 4. The van der Waals surface area contributed by atoms with Crippen molar-refractivity contribution in [2.45, 2.75) is 13.1 Å². The molecule has 4 aromatic rings. The molecule has 0 radical (unpaired) electrons. The Morgan fingerprint density at radius 1 is 1.20 bits per heavy atom. The number of fused-ring (bicyclic) bond motifs is 1. The van der Waals surface area contributed by atoms with Crippen molar-refractivity contribution in [1.82, 2.24) is 14.5 Å². The lowest BCUT2D eigenvalue weighted by molar-refractivity contribution is -0.115. The van der Waals surface area contributed by atoms with E-state index >= 15 is 0 Å². The summed E-state index contributed by atoms with van der Waals surface area (Å²) in [4.78, 5) is 26.2. The van der Waals surface area contributed by atoms with Gasteiger partial charge in [-0.3, -0.25) is 14.4 Å². The summed E-state index contributed by atoms with van der Waals surface area (Å²) in [6, 6.07) is 11.7. The van der Waals surface area contributed by atoms with E-state index in [0.717, 1.165) is 0 Å². The molecular weight excluding hydrogens is 481 g/mol. The fourth-order valence-electron chi connectivity index (χ4n) is 3.57. The van der Waals surface area contributed by atoms with E-state index in [0.29, 0.717) is 38.6 Å². The number of nitrogens with two attached hydrogens (primary N) is 1. The molecule has 7 nitrogen and oxygen atoms in total. The number of hydrogen-bond donors (Lipinski definition) is 2. The van der Waals surface area contributed by atoms with Gasteiger partial charge in [0.15, 0.2) is 0 Å². The Hall–Kier alpha value is -3.92. The van der Waals surface area contributed by atoms with Crippen LogP contribution in [-0.2, 0) is 0 Å². The molecule has 0 atom stereocenters. The molecule has 2 heterocycles. The Bertz CT molecular complexity index is 1500. The maximum absolute atomic E-state index is 13.7. The highest BCUT2D eigenvalue weighted by molar-refractivity contribution is 6.30. The Morgan fingerprint density at radius 3 is 2.57 bits per heavy atom. The second kappa shape index (κ2) is 9.38. The standard InChI is InChI=1S/C24H20ClF3N6O/c1-13(30-2)18-9-17(7-8-19(18)29)34-11-15-10-31-23(32-12-24(26,27)28)33-21(15)20(22(34)35)14-3-5-16(25)6-4-14/h3-11H,12,29H2,1-2H3,(H,32,33). The Balaban J connectivity index is 1.97. The molecule has 2 aromatic heterocycles. The number of aliphatic imine (C=N–C) groups is 1. The summed E-state index contributed by atoms with van der Waals surface area (Å²) >= 11 is 6.02. The van der Waals surface area contributed by atoms with E-state index < -0.39 is 18.3 Å². The first-order valence-corrected chi connectivity index (χ1v) is 10.8. The van der Waals surface area contributed by atoms with Crippen LogP contribution in [0.1, 0.15) is 12.5 Å². The Labute approximate surface area is 203 Å². The van der Waals surface area contributed by atoms with E-state index in [2.05, 4.69) is 20.3 Å². The van der Waals surface area contributed by atoms with Gasteiger partial charge in [0.1, 0.15) is 6.54 Å². The maximum Gasteiger partial charge on any atom is 0.405 e. The lowest BCUT2D eigenvalue weighted by atomic mass is 10.0. The van der Waals surface area contributed by atoms with Crippen molar-refractivity contribution in [3.8, 4) is 16.8 Å². The predicted molar refractivity (Wildman–Crippen MR) is 133 cm³/mol. The monoisotopic (exact) mass is 500 g/mol. The van der Waals surface area contributed by atoms with Gasteiger partial charge in [0.2, 0.25) is 5.95 Å². The summed E-state index contributed by atoms with van der Waals surface area (Å²) in [5, 5.41) is 3.08. The number of rotatable bonds is 5. The SMILES string of the molecule is CN=C(C)c1cc(-n2cc3cnc(NCC(F)(F)F)nc3c(-c3ccc(Cl)cc3)c2=O)ccc1N. The average molecular weight is 501 g/mol. The molecule has 0 amide bonds. The van der Waals surface area contributed by atoms with Gasteiger partial charge in [-0.25, -0.2) is 9.97 Å². The smallest absolute Gasteiger partial charge is 0.398 e. The minimum absolute atomic E-state index is 0.191. The first-order chi connectivity index (χ1) is 16.6. The maximum atomic E-state index is 13.7. The molecule has 0 saturated carbocycles. The minimum atomic E-state index is -4.45. The normalized spacial score (nSPS) is 12.2. The van der Waals surface area contributed by atoms with Crippen molar-refractivity contribution < 1.29 is 13.2 Å². The second-order valence-corrected chi connectivity index (χ2v) is 8.17. The van der Waals surface area contributed by atoms with Crippen molar-refractivity contribution in [1.29, 1.82) is 0 Å². The van der Waals surface area contributed by atoms with Crippen LogP contribution < -0.4 is 16.6 Å². The van der Waals surface area contributed by atoms with Gasteiger partial charge >= 0.3 is 6.18 Å². The molecule has 0 aliphatic heterocycles. The van der Waals surface area contributed by atoms with Gasteiger partial charge in [0.05, 0.1) is 11.1 Å². The number of nitrogens with zero attached hydrogens (tertiary/aromatic N) is 4. The van der Waals surface area contributed by atoms with Crippen molar-refractivity contribution in [3.05, 3.63) is 75.8 Å². The highest BCUT2D eigenvalue weighted by atomic mass is 35.5. The third-order valence-corrected chi connectivity index (χ3v) is 5.63. The van der Waals surface area contributed by atoms with Crippen LogP contribution in [0.15, 0.2) is 64.6 Å². The molecular formula is C24H20ClF3N6O. The molecule has 180 valence electrons. The quantitative estimate of drug-likeness (QED) is 0.293. The number of alkyl halides is 3. The van der Waals surface area contributed by atoms with Crippen molar-refractivity contribution in [3.63, 3.8) is 0 Å². The number of aromatic nitrogens is 3. The molecule has 0 saturated heterocycles. The Kier molecular flexibility index (Phi) is 6.49. The molecule has 2 aromatic carbocycles. The van der Waals surface area contributed by atoms with Crippen LogP contribution in [0.2, 0.25) is 5.02 Å². The molecule has 0 fully saturated rings. The van der Waals surface area contributed by atoms with Gasteiger partial charge in [-0.2, -0.15) is 13.2 Å². The number of pyridine rings is 1. The molecule has 11 heteroatoms. The Morgan fingerprint density at radius 2 is 1.91 bits per heavy atom. The molecule has 0 aliphatic rings. The van der Waals surface area contributed by atoms with E-state index in [1.54, 1.807) is 62.6 Å². The van der Waals surface area contributed by atoms with Gasteiger partial charge in [-0.1, -0.05) is 23.7 Å². The van der Waals surface area contributed by atoms with Crippen LogP contribution in [0.5, 0.6) is 0 Å². The highest BCUT2D eigenvalue weighted by Gasteiger charge is 2.27. The molecule has 4 rings (SSSR count). The fourth-order valence-corrected chi connectivity index (χ4v) is 3.69. The molecule has 0 bridgehead atoms. The van der Waals surface area contributed by atoms with Crippen molar-refractivity contribution in [2.75, 3.05) is 24.6 Å². The molecule has 35 heavy (non-hydrogen) atoms. The van der Waals surface area contributed by atoms with Crippen LogP contribution in [-0.4, -0.2) is 40.0 Å². The van der Waals surface area contributed by atoms with E-state index in [4.69, 9.17) is 17.3 Å². The largest absolute Gasteiger partial charge is 0.405 e.